The van der Waals surface area contributed by atoms with Gasteiger partial charge in [-0.3, -0.25) is 4.79 Å². The Morgan fingerprint density at radius 2 is 1.79 bits per heavy atom. The van der Waals surface area contributed by atoms with Gasteiger partial charge in [-0.1, -0.05) is 48.5 Å². The molecule has 1 aromatic heterocycles. The third-order valence-corrected chi connectivity index (χ3v) is 4.38. The first kappa shape index (κ1) is 19.6. The summed E-state index contributed by atoms with van der Waals surface area (Å²) >= 11 is 0. The number of hydrogen-bond donors (Lipinski definition) is 1. The number of methoxy groups -OCH3 is 1. The van der Waals surface area contributed by atoms with Gasteiger partial charge in [0, 0.05) is 24.6 Å². The van der Waals surface area contributed by atoms with E-state index in [1.54, 1.807) is 13.2 Å². The second kappa shape index (κ2) is 9.19. The van der Waals surface area contributed by atoms with E-state index >= 15 is 0 Å². The van der Waals surface area contributed by atoms with Crippen LogP contribution >= 0.6 is 0 Å². The van der Waals surface area contributed by atoms with Crippen LogP contribution in [0.4, 0.5) is 0 Å². The van der Waals surface area contributed by atoms with Gasteiger partial charge in [-0.25, -0.2) is 4.79 Å². The Hall–Kier alpha value is -3.12. The molecular formula is C22H23NO5. The van der Waals surface area contributed by atoms with Crippen molar-refractivity contribution >= 4 is 22.8 Å². The normalized spacial score (nSPS) is 11.9. The number of carbonyl (C=O) groups excluding carboxylic acids is 2. The molecule has 1 atom stereocenters. The summed E-state index contributed by atoms with van der Waals surface area (Å²) in [7, 11) is 1.54. The molecule has 0 radical (unpaired) electrons. The molecule has 0 saturated heterocycles. The van der Waals surface area contributed by atoms with Gasteiger partial charge in [0.05, 0.1) is 6.61 Å². The molecule has 1 amide bonds. The van der Waals surface area contributed by atoms with Crippen LogP contribution in [0.15, 0.2) is 59.0 Å². The van der Waals surface area contributed by atoms with Gasteiger partial charge in [0.1, 0.15) is 5.58 Å². The molecule has 0 fully saturated rings. The Kier molecular flexibility index (Phi) is 6.45. The highest BCUT2D eigenvalue weighted by Gasteiger charge is 2.25. The van der Waals surface area contributed by atoms with Crippen LogP contribution in [-0.2, 0) is 27.3 Å². The van der Waals surface area contributed by atoms with Crippen LogP contribution in [0.3, 0.4) is 0 Å². The predicted molar refractivity (Wildman–Crippen MR) is 105 cm³/mol. The van der Waals surface area contributed by atoms with Crippen molar-refractivity contribution in [2.24, 2.45) is 0 Å². The van der Waals surface area contributed by atoms with Gasteiger partial charge in [-0.2, -0.15) is 0 Å². The maximum Gasteiger partial charge on any atom is 0.375 e. The first-order valence-electron chi connectivity index (χ1n) is 9.12. The number of hydrogen-bond acceptors (Lipinski definition) is 5. The molecule has 0 bridgehead atoms. The van der Waals surface area contributed by atoms with Crippen molar-refractivity contribution in [1.29, 1.82) is 0 Å². The lowest BCUT2D eigenvalue weighted by Crippen LogP contribution is -2.37. The van der Waals surface area contributed by atoms with Gasteiger partial charge < -0.3 is 19.2 Å². The van der Waals surface area contributed by atoms with Crippen LogP contribution in [-0.4, -0.2) is 31.6 Å². The topological polar surface area (TPSA) is 77.8 Å². The second-order valence-corrected chi connectivity index (χ2v) is 6.41. The fourth-order valence-corrected chi connectivity index (χ4v) is 2.94. The molecule has 6 nitrogen and oxygen atoms in total. The Morgan fingerprint density at radius 3 is 2.54 bits per heavy atom. The molecule has 0 aliphatic carbocycles. The number of ether oxygens (including phenoxy) is 2. The molecule has 0 saturated carbocycles. The van der Waals surface area contributed by atoms with E-state index in [4.69, 9.17) is 13.9 Å². The summed E-state index contributed by atoms with van der Waals surface area (Å²) in [5.41, 5.74) is 2.31. The molecule has 3 aromatic rings. The summed E-state index contributed by atoms with van der Waals surface area (Å²) in [5.74, 6) is -0.977. The molecule has 1 heterocycles. The number of nitrogens with one attached hydrogen (secondary N) is 1. The van der Waals surface area contributed by atoms with Gasteiger partial charge in [0.25, 0.3) is 5.91 Å². The Bertz CT molecular complexity index is 948. The Balaban J connectivity index is 1.61. The van der Waals surface area contributed by atoms with E-state index in [2.05, 4.69) is 5.32 Å². The monoisotopic (exact) mass is 381 g/mol. The highest BCUT2D eigenvalue weighted by molar-refractivity contribution is 5.97. The number of esters is 1. The van der Waals surface area contributed by atoms with Gasteiger partial charge in [-0.15, -0.1) is 0 Å². The average molecular weight is 381 g/mol. The molecule has 28 heavy (non-hydrogen) atoms. The molecule has 0 spiro atoms. The van der Waals surface area contributed by atoms with Crippen LogP contribution in [0, 0.1) is 0 Å². The molecule has 0 aliphatic heterocycles. The highest BCUT2D eigenvalue weighted by Crippen LogP contribution is 2.27. The van der Waals surface area contributed by atoms with Crippen molar-refractivity contribution in [3.05, 3.63) is 71.5 Å². The summed E-state index contributed by atoms with van der Waals surface area (Å²) in [6, 6.07) is 17.1. The summed E-state index contributed by atoms with van der Waals surface area (Å²) in [5, 5.41) is 3.57. The highest BCUT2D eigenvalue weighted by atomic mass is 16.6. The molecule has 3 rings (SSSR count). The van der Waals surface area contributed by atoms with Crippen LogP contribution < -0.4 is 5.32 Å². The lowest BCUT2D eigenvalue weighted by atomic mass is 10.1. The third kappa shape index (κ3) is 4.58. The first-order chi connectivity index (χ1) is 13.6. The van der Waals surface area contributed by atoms with Crippen LogP contribution in [0.1, 0.15) is 28.6 Å². The number of carbonyl (C=O) groups is 2. The predicted octanol–water partition coefficient (Wildman–Crippen LogP) is 3.48. The van der Waals surface area contributed by atoms with E-state index < -0.39 is 12.1 Å². The standard InChI is InChI=1S/C22H23NO5/c1-15(21(24)23-13-12-16-8-4-3-5-9-16)27-22(25)20-18(14-26-2)17-10-6-7-11-19(17)28-20/h3-11,15H,12-14H2,1-2H3,(H,23,24). The molecule has 2 aromatic carbocycles. The molecule has 0 aliphatic rings. The number of benzene rings is 2. The molecule has 146 valence electrons. The average Bonchev–Trinajstić information content (AvgIpc) is 3.08. The summed E-state index contributed by atoms with van der Waals surface area (Å²) in [6.07, 6.45) is -0.235. The van der Waals surface area contributed by atoms with E-state index in [0.29, 0.717) is 24.1 Å². The lowest BCUT2D eigenvalue weighted by Gasteiger charge is -2.13. The number of fused-ring (bicyclic) bond motifs is 1. The van der Waals surface area contributed by atoms with Gasteiger partial charge in [0.2, 0.25) is 5.76 Å². The maximum atomic E-state index is 12.6. The summed E-state index contributed by atoms with van der Waals surface area (Å²) in [6.45, 7) is 2.21. The zero-order valence-corrected chi connectivity index (χ0v) is 15.9. The first-order valence-corrected chi connectivity index (χ1v) is 9.12. The van der Waals surface area contributed by atoms with Crippen LogP contribution in [0.2, 0.25) is 0 Å². The van der Waals surface area contributed by atoms with E-state index in [0.717, 1.165) is 10.9 Å². The van der Waals surface area contributed by atoms with Crippen molar-refractivity contribution in [3.8, 4) is 0 Å². The number of para-hydroxylation sites is 1. The number of amides is 1. The molecular weight excluding hydrogens is 358 g/mol. The second-order valence-electron chi connectivity index (χ2n) is 6.41. The minimum Gasteiger partial charge on any atom is -0.449 e. The molecule has 6 heteroatoms. The van der Waals surface area contributed by atoms with Crippen LogP contribution in [0.5, 0.6) is 0 Å². The van der Waals surface area contributed by atoms with Crippen molar-refractivity contribution in [1.82, 2.24) is 5.32 Å². The van der Waals surface area contributed by atoms with Crippen molar-refractivity contribution < 1.29 is 23.5 Å². The van der Waals surface area contributed by atoms with Crippen molar-refractivity contribution in [2.75, 3.05) is 13.7 Å². The van der Waals surface area contributed by atoms with Gasteiger partial charge in [0.15, 0.2) is 6.10 Å². The van der Waals surface area contributed by atoms with Gasteiger partial charge in [-0.05, 0) is 25.0 Å². The van der Waals surface area contributed by atoms with E-state index in [9.17, 15) is 9.59 Å². The zero-order chi connectivity index (χ0) is 19.9. The minimum atomic E-state index is -0.938. The fraction of sp³-hybridized carbons (Fsp3) is 0.273. The van der Waals surface area contributed by atoms with E-state index in [-0.39, 0.29) is 18.3 Å². The maximum absolute atomic E-state index is 12.6. The Labute approximate surface area is 163 Å². The van der Waals surface area contributed by atoms with Gasteiger partial charge >= 0.3 is 5.97 Å². The smallest absolute Gasteiger partial charge is 0.375 e. The summed E-state index contributed by atoms with van der Waals surface area (Å²) in [4.78, 5) is 24.8. The molecule has 1 unspecified atom stereocenters. The number of furan rings is 1. The Morgan fingerprint density at radius 1 is 1.07 bits per heavy atom. The number of rotatable bonds is 8. The summed E-state index contributed by atoms with van der Waals surface area (Å²) < 4.78 is 16.1. The zero-order valence-electron chi connectivity index (χ0n) is 15.9. The SMILES string of the molecule is COCc1c(C(=O)OC(C)C(=O)NCCc2ccccc2)oc2ccccc12. The van der Waals surface area contributed by atoms with Crippen molar-refractivity contribution in [2.45, 2.75) is 26.1 Å². The molecule has 1 N–H and O–H groups in total. The van der Waals surface area contributed by atoms with Crippen LogP contribution in [0.25, 0.3) is 11.0 Å². The fourth-order valence-electron chi connectivity index (χ4n) is 2.94. The van der Waals surface area contributed by atoms with Crippen molar-refractivity contribution in [3.63, 3.8) is 0 Å². The third-order valence-electron chi connectivity index (χ3n) is 4.38. The van der Waals surface area contributed by atoms with E-state index in [1.165, 1.54) is 6.92 Å². The lowest BCUT2D eigenvalue weighted by molar-refractivity contribution is -0.129. The van der Waals surface area contributed by atoms with E-state index in [1.807, 2.05) is 48.5 Å². The largest absolute Gasteiger partial charge is 0.449 e. The quantitative estimate of drug-likeness (QED) is 0.605. The minimum absolute atomic E-state index is 0.0620.